The summed E-state index contributed by atoms with van der Waals surface area (Å²) in [5.74, 6) is 1.18. The van der Waals surface area contributed by atoms with E-state index < -0.39 is 0 Å². The molecule has 2 aromatic carbocycles. The van der Waals surface area contributed by atoms with E-state index >= 15 is 0 Å². The van der Waals surface area contributed by atoms with Gasteiger partial charge in [-0.1, -0.05) is 25.1 Å². The average Bonchev–Trinajstić information content (AvgIpc) is 3.22. The Morgan fingerprint density at radius 1 is 1.12 bits per heavy atom. The number of carbonyl (C=O) groups is 1. The molecule has 3 aliphatic rings. The molecule has 1 aromatic heterocycles. The second kappa shape index (κ2) is 7.91. The zero-order chi connectivity index (χ0) is 23.4. The molecule has 1 fully saturated rings. The smallest absolute Gasteiger partial charge is 0.272 e. The predicted molar refractivity (Wildman–Crippen MR) is 134 cm³/mol. The Bertz CT molecular complexity index is 1300. The molecule has 4 heterocycles. The quantitative estimate of drug-likeness (QED) is 0.569. The molecule has 0 unspecified atom stereocenters. The van der Waals surface area contributed by atoms with Crippen LogP contribution in [0.4, 0.5) is 5.69 Å². The molecule has 176 valence electrons. The number of nitrogens with zero attached hydrogens (tertiary/aromatic N) is 2. The molecule has 1 saturated heterocycles. The minimum absolute atomic E-state index is 0.0312. The molecule has 2 atom stereocenters. The number of hydrogen-bond donors (Lipinski definition) is 1. The maximum absolute atomic E-state index is 13.9. The van der Waals surface area contributed by atoms with Gasteiger partial charge in [0.25, 0.3) is 5.91 Å². The summed E-state index contributed by atoms with van der Waals surface area (Å²) in [4.78, 5) is 16.6. The Labute approximate surface area is 200 Å². The highest BCUT2D eigenvalue weighted by atomic mass is 16.5. The third kappa shape index (κ3) is 3.01. The Morgan fingerprint density at radius 3 is 2.62 bits per heavy atom. The zero-order valence-corrected chi connectivity index (χ0v) is 20.1. The van der Waals surface area contributed by atoms with Crippen LogP contribution in [0.5, 0.6) is 11.5 Å². The molecule has 6 heteroatoms. The predicted octanol–water partition coefficient (Wildman–Crippen LogP) is 5.24. The van der Waals surface area contributed by atoms with Crippen LogP contribution in [0.15, 0.2) is 48.5 Å². The maximum Gasteiger partial charge on any atom is 0.272 e. The van der Waals surface area contributed by atoms with Crippen LogP contribution in [0.3, 0.4) is 0 Å². The Hall–Kier alpha value is -3.25. The lowest BCUT2D eigenvalue weighted by Gasteiger charge is -2.53. The summed E-state index contributed by atoms with van der Waals surface area (Å²) in [5.41, 5.74) is 5.21. The minimum Gasteiger partial charge on any atom is -0.497 e. The van der Waals surface area contributed by atoms with Crippen LogP contribution in [-0.2, 0) is 11.2 Å². The summed E-state index contributed by atoms with van der Waals surface area (Å²) in [6.45, 7) is 4.49. The minimum atomic E-state index is -0.104. The van der Waals surface area contributed by atoms with Gasteiger partial charge in [-0.15, -0.1) is 0 Å². The van der Waals surface area contributed by atoms with E-state index in [1.54, 1.807) is 20.3 Å². The van der Waals surface area contributed by atoms with Crippen molar-refractivity contribution in [3.05, 3.63) is 59.8 Å². The number of piperidine rings is 1. The lowest BCUT2D eigenvalue weighted by atomic mass is 9.66. The Balaban J connectivity index is 1.52. The molecule has 34 heavy (non-hydrogen) atoms. The van der Waals surface area contributed by atoms with Crippen molar-refractivity contribution in [2.24, 2.45) is 5.41 Å². The average molecular weight is 458 g/mol. The number of hydrogen-bond acceptors (Lipinski definition) is 4. The van der Waals surface area contributed by atoms with Gasteiger partial charge in [0.1, 0.15) is 17.2 Å². The lowest BCUT2D eigenvalue weighted by molar-refractivity contribution is -0.111. The number of para-hydroxylation sites is 1. The summed E-state index contributed by atoms with van der Waals surface area (Å²) in [6.07, 6.45) is 6.60. The summed E-state index contributed by atoms with van der Waals surface area (Å²) in [7, 11) is 3.23. The van der Waals surface area contributed by atoms with Gasteiger partial charge in [0.05, 0.1) is 25.8 Å². The van der Waals surface area contributed by atoms with Crippen molar-refractivity contribution in [2.45, 2.75) is 38.6 Å². The van der Waals surface area contributed by atoms with Crippen molar-refractivity contribution in [1.29, 1.82) is 0 Å². The van der Waals surface area contributed by atoms with E-state index in [-0.39, 0.29) is 11.3 Å². The number of rotatable bonds is 5. The van der Waals surface area contributed by atoms with Gasteiger partial charge >= 0.3 is 0 Å². The molecular weight excluding hydrogens is 426 g/mol. The van der Waals surface area contributed by atoms with Crippen molar-refractivity contribution in [1.82, 2.24) is 9.47 Å². The molecule has 1 amide bonds. The number of aromatic nitrogens is 1. The first kappa shape index (κ1) is 21.3. The first-order valence-corrected chi connectivity index (χ1v) is 12.2. The van der Waals surface area contributed by atoms with E-state index in [9.17, 15) is 4.79 Å². The molecule has 0 spiro atoms. The molecule has 0 saturated carbocycles. The molecule has 0 bridgehead atoms. The van der Waals surface area contributed by atoms with Crippen molar-refractivity contribution in [2.75, 3.05) is 32.6 Å². The SMILES string of the molecule is CC[C@@]12C=C(C(=O)Nc3cc(OC)cc(OC)c3)n3c4c(c5ccccc53)CCN(CCC1)[C@H]42. The molecule has 3 aliphatic heterocycles. The largest absolute Gasteiger partial charge is 0.497 e. The second-order valence-electron chi connectivity index (χ2n) is 9.68. The van der Waals surface area contributed by atoms with Crippen LogP contribution in [0, 0.1) is 5.41 Å². The van der Waals surface area contributed by atoms with Crippen molar-refractivity contribution >= 4 is 28.2 Å². The third-order valence-corrected chi connectivity index (χ3v) is 8.09. The lowest BCUT2D eigenvalue weighted by Crippen LogP contribution is -2.51. The molecule has 0 radical (unpaired) electrons. The van der Waals surface area contributed by atoms with Crippen LogP contribution < -0.4 is 14.8 Å². The molecular formula is C28H31N3O3. The van der Waals surface area contributed by atoms with Crippen molar-refractivity contribution < 1.29 is 14.3 Å². The van der Waals surface area contributed by atoms with Crippen LogP contribution in [0.2, 0.25) is 0 Å². The van der Waals surface area contributed by atoms with E-state index in [4.69, 9.17) is 9.47 Å². The summed E-state index contributed by atoms with van der Waals surface area (Å²) < 4.78 is 13.1. The van der Waals surface area contributed by atoms with Gasteiger partial charge < -0.3 is 19.4 Å². The number of fused-ring (bicyclic) bond motifs is 3. The highest BCUT2D eigenvalue weighted by Gasteiger charge is 2.51. The molecule has 0 aliphatic carbocycles. The second-order valence-corrected chi connectivity index (χ2v) is 9.68. The fourth-order valence-electron chi connectivity index (χ4n) is 6.52. The van der Waals surface area contributed by atoms with E-state index in [1.807, 2.05) is 12.1 Å². The van der Waals surface area contributed by atoms with Gasteiger partial charge in [-0.3, -0.25) is 9.69 Å². The highest BCUT2D eigenvalue weighted by Crippen LogP contribution is 2.57. The van der Waals surface area contributed by atoms with Crippen LogP contribution in [-0.4, -0.2) is 42.7 Å². The monoisotopic (exact) mass is 457 g/mol. The number of anilines is 1. The van der Waals surface area contributed by atoms with Crippen LogP contribution in [0.25, 0.3) is 16.6 Å². The number of ether oxygens (including phenoxy) is 2. The van der Waals surface area contributed by atoms with Crippen LogP contribution >= 0.6 is 0 Å². The molecule has 6 nitrogen and oxygen atoms in total. The molecule has 6 rings (SSSR count). The van der Waals surface area contributed by atoms with Crippen molar-refractivity contribution in [3.8, 4) is 11.5 Å². The first-order chi connectivity index (χ1) is 16.6. The maximum atomic E-state index is 13.9. The van der Waals surface area contributed by atoms with Gasteiger partial charge in [0, 0.05) is 46.9 Å². The van der Waals surface area contributed by atoms with E-state index in [0.717, 1.165) is 43.6 Å². The summed E-state index contributed by atoms with van der Waals surface area (Å²) in [6, 6.07) is 14.3. The topological polar surface area (TPSA) is 55.7 Å². The van der Waals surface area contributed by atoms with Crippen LogP contribution in [0.1, 0.15) is 43.5 Å². The summed E-state index contributed by atoms with van der Waals surface area (Å²) >= 11 is 0. The van der Waals surface area contributed by atoms with Gasteiger partial charge in [0.15, 0.2) is 0 Å². The normalized spacial score (nSPS) is 23.3. The van der Waals surface area contributed by atoms with Gasteiger partial charge in [-0.2, -0.15) is 0 Å². The van der Waals surface area contributed by atoms with Crippen molar-refractivity contribution in [3.63, 3.8) is 0 Å². The zero-order valence-electron chi connectivity index (χ0n) is 20.1. The number of methoxy groups -OCH3 is 2. The van der Waals surface area contributed by atoms with E-state index in [2.05, 4.69) is 52.0 Å². The summed E-state index contributed by atoms with van der Waals surface area (Å²) in [5, 5.41) is 4.41. The number of carbonyl (C=O) groups excluding carboxylic acids is 1. The van der Waals surface area contributed by atoms with Gasteiger partial charge in [0.2, 0.25) is 0 Å². The number of nitrogens with one attached hydrogen (secondary N) is 1. The van der Waals surface area contributed by atoms with E-state index in [1.165, 1.54) is 23.1 Å². The Kier molecular flexibility index (Phi) is 4.96. The Morgan fingerprint density at radius 2 is 1.88 bits per heavy atom. The third-order valence-electron chi connectivity index (χ3n) is 8.09. The van der Waals surface area contributed by atoms with E-state index in [0.29, 0.717) is 23.2 Å². The molecule has 3 aromatic rings. The fraction of sp³-hybridized carbons (Fsp3) is 0.393. The molecule has 1 N–H and O–H groups in total. The fourth-order valence-corrected chi connectivity index (χ4v) is 6.52. The standard InChI is InChI=1S/C28H31N3O3/c1-4-28-11-7-12-30-13-10-22-21-8-5-6-9-23(21)31(25(22)26(28)30)24(17-28)27(32)29-18-14-19(33-2)16-20(15-18)34-3/h5-6,8-9,14-17,26H,4,7,10-13H2,1-3H3,(H,29,32)/t26-,28+/m1/s1. The number of amides is 1. The first-order valence-electron chi connectivity index (χ1n) is 12.2. The number of benzene rings is 2. The van der Waals surface area contributed by atoms with Gasteiger partial charge in [-0.25, -0.2) is 0 Å². The highest BCUT2D eigenvalue weighted by molar-refractivity contribution is 6.22. The van der Waals surface area contributed by atoms with Gasteiger partial charge in [-0.05, 0) is 49.9 Å².